The molecule has 0 fully saturated rings. The summed E-state index contributed by atoms with van der Waals surface area (Å²) in [7, 11) is 1.70. The highest BCUT2D eigenvalue weighted by Crippen LogP contribution is 2.36. The van der Waals surface area contributed by atoms with Crippen molar-refractivity contribution in [3.05, 3.63) is 53.9 Å². The van der Waals surface area contributed by atoms with Gasteiger partial charge in [-0.1, -0.05) is 0 Å². The van der Waals surface area contributed by atoms with Crippen LogP contribution in [0.4, 0.5) is 0 Å². The van der Waals surface area contributed by atoms with Crippen molar-refractivity contribution in [3.63, 3.8) is 0 Å². The van der Waals surface area contributed by atoms with Crippen molar-refractivity contribution in [2.45, 2.75) is 25.7 Å². The van der Waals surface area contributed by atoms with Crippen molar-refractivity contribution < 1.29 is 4.74 Å². The van der Waals surface area contributed by atoms with Crippen LogP contribution in [0.2, 0.25) is 0 Å². The number of aromatic nitrogens is 2. The molecule has 0 amide bonds. The molecule has 0 spiro atoms. The first-order valence-corrected chi connectivity index (χ1v) is 8.23. The van der Waals surface area contributed by atoms with Gasteiger partial charge in [0.25, 0.3) is 0 Å². The summed E-state index contributed by atoms with van der Waals surface area (Å²) in [4.78, 5) is 4.90. The lowest BCUT2D eigenvalue weighted by molar-refractivity contribution is 0.415. The third-order valence-corrected chi connectivity index (χ3v) is 5.07. The summed E-state index contributed by atoms with van der Waals surface area (Å²) in [5.41, 5.74) is 7.50. The van der Waals surface area contributed by atoms with Crippen molar-refractivity contribution >= 4 is 16.4 Å². The van der Waals surface area contributed by atoms with Crippen molar-refractivity contribution in [1.29, 1.82) is 0 Å². The van der Waals surface area contributed by atoms with Crippen LogP contribution in [0.1, 0.15) is 24.0 Å². The Bertz CT molecular complexity index is 1020. The van der Waals surface area contributed by atoms with E-state index in [9.17, 15) is 0 Å². The van der Waals surface area contributed by atoms with Crippen molar-refractivity contribution in [1.82, 2.24) is 9.38 Å². The number of benzene rings is 1. The molecule has 0 unspecified atom stereocenters. The first-order valence-electron chi connectivity index (χ1n) is 8.23. The van der Waals surface area contributed by atoms with E-state index in [4.69, 9.17) is 9.72 Å². The fraction of sp³-hybridized carbons (Fsp3) is 0.250. The van der Waals surface area contributed by atoms with E-state index in [-0.39, 0.29) is 0 Å². The van der Waals surface area contributed by atoms with Gasteiger partial charge in [-0.15, -0.1) is 0 Å². The Labute approximate surface area is 134 Å². The van der Waals surface area contributed by atoms with Gasteiger partial charge >= 0.3 is 0 Å². The van der Waals surface area contributed by atoms with Crippen LogP contribution in [0, 0.1) is 0 Å². The average Bonchev–Trinajstić information content (AvgIpc) is 2.98. The van der Waals surface area contributed by atoms with Crippen LogP contribution in [0.25, 0.3) is 27.7 Å². The number of nitrogens with zero attached hydrogens (tertiary/aromatic N) is 2. The molecule has 0 saturated carbocycles. The predicted octanol–water partition coefficient (Wildman–Crippen LogP) is 4.48. The van der Waals surface area contributed by atoms with Gasteiger partial charge in [0.1, 0.15) is 5.75 Å². The van der Waals surface area contributed by atoms with Crippen molar-refractivity contribution in [2.75, 3.05) is 7.11 Å². The van der Waals surface area contributed by atoms with Gasteiger partial charge in [0, 0.05) is 29.4 Å². The highest BCUT2D eigenvalue weighted by molar-refractivity contribution is 6.02. The smallest absolute Gasteiger partial charge is 0.121 e. The molecular weight excluding hydrogens is 284 g/mol. The lowest BCUT2D eigenvalue weighted by Crippen LogP contribution is -2.05. The quantitative estimate of drug-likeness (QED) is 0.518. The molecular formula is C20H18N2O. The van der Waals surface area contributed by atoms with Gasteiger partial charge in [0.15, 0.2) is 0 Å². The van der Waals surface area contributed by atoms with Gasteiger partial charge in [-0.2, -0.15) is 0 Å². The average molecular weight is 302 g/mol. The normalized spacial score (nSPS) is 14.5. The Morgan fingerprint density at radius 2 is 1.91 bits per heavy atom. The number of hydrogen-bond donors (Lipinski definition) is 0. The molecule has 0 atom stereocenters. The van der Waals surface area contributed by atoms with Gasteiger partial charge in [0.05, 0.1) is 23.8 Å². The molecule has 2 aromatic rings. The molecule has 0 N–H and O–H groups in total. The molecule has 0 bridgehead atoms. The molecule has 0 radical (unpaired) electrons. The van der Waals surface area contributed by atoms with Crippen LogP contribution < -0.4 is 4.74 Å². The summed E-state index contributed by atoms with van der Waals surface area (Å²) >= 11 is 0. The fourth-order valence-corrected chi connectivity index (χ4v) is 3.84. The summed E-state index contributed by atoms with van der Waals surface area (Å²) in [6.45, 7) is 0. The third kappa shape index (κ3) is 1.86. The van der Waals surface area contributed by atoms with E-state index in [0.717, 1.165) is 17.0 Å². The summed E-state index contributed by atoms with van der Waals surface area (Å²) < 4.78 is 7.57. The second-order valence-corrected chi connectivity index (χ2v) is 6.40. The van der Waals surface area contributed by atoms with E-state index in [2.05, 4.69) is 35.0 Å². The topological polar surface area (TPSA) is 26.5 Å². The number of rotatable bonds is 1. The second-order valence-electron chi connectivity index (χ2n) is 6.40. The molecule has 0 saturated heterocycles. The highest BCUT2D eigenvalue weighted by atomic mass is 16.5. The van der Waals surface area contributed by atoms with Crippen molar-refractivity contribution in [2.24, 2.45) is 0 Å². The van der Waals surface area contributed by atoms with Gasteiger partial charge in [-0.05, 0) is 61.1 Å². The molecule has 1 aromatic heterocycles. The van der Waals surface area contributed by atoms with Gasteiger partial charge in [-0.25, -0.2) is 4.98 Å². The monoisotopic (exact) mass is 302 g/mol. The van der Waals surface area contributed by atoms with E-state index < -0.39 is 0 Å². The van der Waals surface area contributed by atoms with Crippen LogP contribution in [-0.2, 0) is 12.8 Å². The van der Waals surface area contributed by atoms with E-state index in [1.54, 1.807) is 7.11 Å². The molecule has 3 heteroatoms. The zero-order chi connectivity index (χ0) is 15.4. The summed E-state index contributed by atoms with van der Waals surface area (Å²) in [6, 6.07) is 10.7. The number of fused-ring (bicyclic) bond motifs is 6. The summed E-state index contributed by atoms with van der Waals surface area (Å²) in [6.07, 6.45) is 9.45. The van der Waals surface area contributed by atoms with E-state index in [1.807, 2.05) is 12.1 Å². The lowest BCUT2D eigenvalue weighted by atomic mass is 9.92. The first kappa shape index (κ1) is 12.9. The fourth-order valence-electron chi connectivity index (χ4n) is 3.84. The van der Waals surface area contributed by atoms with Crippen LogP contribution in [0.5, 0.6) is 5.75 Å². The molecule has 3 nitrogen and oxygen atoms in total. The van der Waals surface area contributed by atoms with Crippen LogP contribution in [0.3, 0.4) is 0 Å². The van der Waals surface area contributed by atoms with E-state index in [0.29, 0.717) is 0 Å². The van der Waals surface area contributed by atoms with E-state index >= 15 is 0 Å². The summed E-state index contributed by atoms with van der Waals surface area (Å²) in [5, 5.41) is 1.20. The Hall–Kier alpha value is -2.55. The molecule has 1 aliphatic carbocycles. The minimum Gasteiger partial charge on any atom is -0.497 e. The minimum absolute atomic E-state index is 0.856. The lowest BCUT2D eigenvalue weighted by Gasteiger charge is -2.18. The Morgan fingerprint density at radius 1 is 1.04 bits per heavy atom. The third-order valence-electron chi connectivity index (χ3n) is 5.07. The molecule has 114 valence electrons. The zero-order valence-electron chi connectivity index (χ0n) is 13.2. The molecule has 2 aliphatic heterocycles. The number of hydrogen-bond acceptors (Lipinski definition) is 2. The molecule has 3 heterocycles. The highest BCUT2D eigenvalue weighted by Gasteiger charge is 2.18. The van der Waals surface area contributed by atoms with E-state index in [1.165, 1.54) is 53.3 Å². The van der Waals surface area contributed by atoms with Crippen LogP contribution in [-0.4, -0.2) is 16.5 Å². The number of methoxy groups -OCH3 is 1. The van der Waals surface area contributed by atoms with Gasteiger partial charge in [-0.3, -0.25) is 0 Å². The molecule has 1 aromatic carbocycles. The maximum absolute atomic E-state index is 5.33. The van der Waals surface area contributed by atoms with Crippen LogP contribution >= 0.6 is 0 Å². The van der Waals surface area contributed by atoms with Gasteiger partial charge in [0.2, 0.25) is 0 Å². The van der Waals surface area contributed by atoms with Gasteiger partial charge < -0.3 is 9.14 Å². The minimum atomic E-state index is 0.856. The molecule has 3 aliphatic rings. The molecule has 5 rings (SSSR count). The van der Waals surface area contributed by atoms with Crippen molar-refractivity contribution in [3.8, 4) is 17.0 Å². The number of aryl methyl sites for hydroxylation is 2. The predicted molar refractivity (Wildman–Crippen MR) is 92.5 cm³/mol. The maximum atomic E-state index is 5.33. The standard InChI is InChI=1S/C20H18N2O/c1-23-15-6-7-16-17-8-9-22-12-14-5-3-2-4-13(14)10-19(22)20(17)21-18(16)11-15/h6-12H,2-5H2,1H3. The second kappa shape index (κ2) is 4.72. The Morgan fingerprint density at radius 3 is 2.78 bits per heavy atom. The molecule has 23 heavy (non-hydrogen) atoms. The van der Waals surface area contributed by atoms with Crippen LogP contribution in [0.15, 0.2) is 42.7 Å². The number of pyridine rings is 2. The first-order chi connectivity index (χ1) is 11.3. The number of ether oxygens (including phenoxy) is 1. The summed E-state index contributed by atoms with van der Waals surface area (Å²) in [5.74, 6) is 0.856. The Balaban J connectivity index is 1.84. The largest absolute Gasteiger partial charge is 0.497 e. The Kier molecular flexibility index (Phi) is 2.66. The maximum Gasteiger partial charge on any atom is 0.121 e. The zero-order valence-corrected chi connectivity index (χ0v) is 13.2. The SMILES string of the molecule is COc1ccc2c3ccn4cc5c(cc4c-3nc2c1)CCCC5.